The molecule has 0 aliphatic heterocycles. The molecule has 1 aromatic heterocycles. The second-order valence-corrected chi connectivity index (χ2v) is 6.98. The molecule has 2 aromatic rings. The number of aromatic nitrogens is 2. The topological polar surface area (TPSA) is 50.2 Å². The van der Waals surface area contributed by atoms with Crippen molar-refractivity contribution in [2.45, 2.75) is 45.6 Å². The van der Waals surface area contributed by atoms with Crippen LogP contribution in [-0.2, 0) is 6.54 Å². The summed E-state index contributed by atoms with van der Waals surface area (Å²) >= 11 is 1.42. The first-order valence-corrected chi connectivity index (χ1v) is 9.22. The van der Waals surface area contributed by atoms with Crippen LogP contribution in [0.15, 0.2) is 35.3 Å². The molecule has 23 heavy (non-hydrogen) atoms. The van der Waals surface area contributed by atoms with Crippen molar-refractivity contribution in [3.05, 3.63) is 46.5 Å². The van der Waals surface area contributed by atoms with E-state index in [2.05, 4.69) is 39.2 Å². The number of nitrogens with zero attached hydrogens (tertiary/aromatic N) is 3. The van der Waals surface area contributed by atoms with E-state index in [0.717, 1.165) is 28.9 Å². The summed E-state index contributed by atoms with van der Waals surface area (Å²) in [6, 6.07) is 10.4. The molecule has 1 heterocycles. The van der Waals surface area contributed by atoms with Crippen LogP contribution in [0.3, 0.4) is 0 Å². The number of amidine groups is 1. The van der Waals surface area contributed by atoms with Gasteiger partial charge in [-0.15, -0.1) is 5.10 Å². The molecule has 1 aliphatic carbocycles. The first kappa shape index (κ1) is 16.1. The highest BCUT2D eigenvalue weighted by molar-refractivity contribution is 7.08. The van der Waals surface area contributed by atoms with Crippen molar-refractivity contribution in [1.82, 2.24) is 14.9 Å². The minimum atomic E-state index is 0.686. The Bertz CT molecular complexity index is 629. The predicted molar refractivity (Wildman–Crippen MR) is 95.9 cm³/mol. The molecule has 1 aliphatic rings. The van der Waals surface area contributed by atoms with E-state index in [9.17, 15) is 0 Å². The molecule has 0 radical (unpaired) electrons. The minimum absolute atomic E-state index is 0.686. The number of aliphatic imine (C=N–C) groups is 1. The molecule has 0 saturated heterocycles. The first-order valence-electron chi connectivity index (χ1n) is 8.44. The molecule has 0 unspecified atom stereocenters. The fourth-order valence-electron chi connectivity index (χ4n) is 3.04. The molecule has 122 valence electrons. The molecule has 1 fully saturated rings. The van der Waals surface area contributed by atoms with Gasteiger partial charge in [-0.05, 0) is 42.8 Å². The lowest BCUT2D eigenvalue weighted by atomic mass is 9.89. The second kappa shape index (κ2) is 8.20. The molecule has 0 atom stereocenters. The van der Waals surface area contributed by atoms with Gasteiger partial charge in [-0.25, -0.2) is 0 Å². The Hall–Kier alpha value is -1.75. The Balaban J connectivity index is 1.69. The summed E-state index contributed by atoms with van der Waals surface area (Å²) in [5.41, 5.74) is 2.18. The van der Waals surface area contributed by atoms with Gasteiger partial charge in [-0.2, -0.15) is 0 Å². The molecule has 0 amide bonds. The van der Waals surface area contributed by atoms with Gasteiger partial charge in [0.2, 0.25) is 0 Å². The van der Waals surface area contributed by atoms with E-state index < -0.39 is 0 Å². The highest BCUT2D eigenvalue weighted by Crippen LogP contribution is 2.23. The smallest absolute Gasteiger partial charge is 0.142 e. The number of rotatable bonds is 5. The number of hydrogen-bond acceptors (Lipinski definition) is 4. The van der Waals surface area contributed by atoms with Gasteiger partial charge in [0.05, 0.1) is 12.2 Å². The van der Waals surface area contributed by atoms with Crippen molar-refractivity contribution in [3.63, 3.8) is 0 Å². The maximum atomic E-state index is 4.82. The van der Waals surface area contributed by atoms with Crippen molar-refractivity contribution < 1.29 is 0 Å². The Morgan fingerprint density at radius 3 is 2.70 bits per heavy atom. The summed E-state index contributed by atoms with van der Waals surface area (Å²) < 4.78 is 4.06. The highest BCUT2D eigenvalue weighted by Gasteiger charge is 2.16. The van der Waals surface area contributed by atoms with Gasteiger partial charge in [0, 0.05) is 6.54 Å². The van der Waals surface area contributed by atoms with Gasteiger partial charge in [0.15, 0.2) is 0 Å². The number of aryl methyl sites for hydroxylation is 1. The largest absolute Gasteiger partial charge is 0.369 e. The maximum absolute atomic E-state index is 4.82. The molecule has 1 saturated carbocycles. The third-order valence-corrected chi connectivity index (χ3v) is 5.25. The van der Waals surface area contributed by atoms with Gasteiger partial charge in [-0.1, -0.05) is 54.1 Å². The summed E-state index contributed by atoms with van der Waals surface area (Å²) in [6.45, 7) is 3.69. The lowest BCUT2D eigenvalue weighted by Gasteiger charge is -2.22. The van der Waals surface area contributed by atoms with Gasteiger partial charge in [0.1, 0.15) is 10.7 Å². The van der Waals surface area contributed by atoms with E-state index >= 15 is 0 Å². The Kier molecular flexibility index (Phi) is 5.75. The van der Waals surface area contributed by atoms with E-state index in [0.29, 0.717) is 6.54 Å². The molecule has 1 aromatic carbocycles. The van der Waals surface area contributed by atoms with Crippen molar-refractivity contribution in [1.29, 1.82) is 0 Å². The number of benzene rings is 1. The summed E-state index contributed by atoms with van der Waals surface area (Å²) in [7, 11) is 0. The Labute approximate surface area is 142 Å². The average Bonchev–Trinajstić information content (AvgIpc) is 3.03. The number of nitrogens with one attached hydrogen (secondary N) is 1. The van der Waals surface area contributed by atoms with Gasteiger partial charge < -0.3 is 5.32 Å². The second-order valence-electron chi connectivity index (χ2n) is 6.22. The van der Waals surface area contributed by atoms with Crippen molar-refractivity contribution in [2.75, 3.05) is 6.54 Å². The normalized spacial score (nSPS) is 16.5. The molecule has 0 spiro atoms. The fourth-order valence-corrected chi connectivity index (χ4v) is 3.68. The average molecular weight is 328 g/mol. The zero-order valence-corrected chi connectivity index (χ0v) is 14.5. The van der Waals surface area contributed by atoms with Crippen molar-refractivity contribution in [3.8, 4) is 0 Å². The van der Waals surface area contributed by atoms with Crippen LogP contribution in [0.25, 0.3) is 0 Å². The lowest BCUT2D eigenvalue weighted by Crippen LogP contribution is -2.31. The molecule has 4 nitrogen and oxygen atoms in total. The van der Waals surface area contributed by atoms with Crippen LogP contribution in [0.4, 0.5) is 0 Å². The summed E-state index contributed by atoms with van der Waals surface area (Å²) in [5, 5.41) is 7.72. The molecule has 5 heteroatoms. The summed E-state index contributed by atoms with van der Waals surface area (Å²) in [5.74, 6) is 1.72. The fraction of sp³-hybridized carbons (Fsp3) is 0.500. The van der Waals surface area contributed by atoms with E-state index in [4.69, 9.17) is 4.99 Å². The molecular formula is C18H24N4S. The van der Waals surface area contributed by atoms with Crippen LogP contribution in [0.2, 0.25) is 0 Å². The maximum Gasteiger partial charge on any atom is 0.142 e. The van der Waals surface area contributed by atoms with Crippen LogP contribution >= 0.6 is 11.5 Å². The standard InChI is InChI=1S/C18H24N4S/c1-14-17(23-22-21-14)18(19-12-15-8-4-2-5-9-15)20-13-16-10-6-3-7-11-16/h2,4-5,8-9,16H,3,6-7,10-13H2,1H3,(H,19,20). The summed E-state index contributed by atoms with van der Waals surface area (Å²) in [6.07, 6.45) is 6.79. The third kappa shape index (κ3) is 4.61. The van der Waals surface area contributed by atoms with Gasteiger partial charge in [0.25, 0.3) is 0 Å². The minimum Gasteiger partial charge on any atom is -0.369 e. The van der Waals surface area contributed by atoms with E-state index in [1.165, 1.54) is 49.2 Å². The van der Waals surface area contributed by atoms with Crippen LogP contribution in [-0.4, -0.2) is 22.0 Å². The van der Waals surface area contributed by atoms with Gasteiger partial charge >= 0.3 is 0 Å². The highest BCUT2D eigenvalue weighted by atomic mass is 32.1. The van der Waals surface area contributed by atoms with Crippen molar-refractivity contribution in [2.24, 2.45) is 10.9 Å². The SMILES string of the molecule is Cc1nnsc1C(=NCc1ccccc1)NCC1CCCCC1. The monoisotopic (exact) mass is 328 g/mol. The zero-order valence-electron chi connectivity index (χ0n) is 13.7. The molecule has 0 bridgehead atoms. The number of hydrogen-bond donors (Lipinski definition) is 1. The van der Waals surface area contributed by atoms with Gasteiger partial charge in [-0.3, -0.25) is 4.99 Å². The quantitative estimate of drug-likeness (QED) is 0.667. The van der Waals surface area contributed by atoms with Crippen LogP contribution < -0.4 is 5.32 Å². The van der Waals surface area contributed by atoms with Crippen LogP contribution in [0, 0.1) is 12.8 Å². The van der Waals surface area contributed by atoms with Crippen molar-refractivity contribution >= 4 is 17.4 Å². The summed E-state index contributed by atoms with van der Waals surface area (Å²) in [4.78, 5) is 5.88. The van der Waals surface area contributed by atoms with E-state index in [1.54, 1.807) is 0 Å². The molecule has 1 N–H and O–H groups in total. The predicted octanol–water partition coefficient (Wildman–Crippen LogP) is 3.96. The van der Waals surface area contributed by atoms with E-state index in [1.807, 2.05) is 13.0 Å². The Morgan fingerprint density at radius 1 is 1.22 bits per heavy atom. The Morgan fingerprint density at radius 2 is 2.00 bits per heavy atom. The third-order valence-electron chi connectivity index (χ3n) is 4.41. The van der Waals surface area contributed by atoms with Crippen LogP contribution in [0.5, 0.6) is 0 Å². The zero-order chi connectivity index (χ0) is 15.9. The molecule has 3 rings (SSSR count). The lowest BCUT2D eigenvalue weighted by molar-refractivity contribution is 0.357. The van der Waals surface area contributed by atoms with E-state index in [-0.39, 0.29) is 0 Å². The molecular weight excluding hydrogens is 304 g/mol. The van der Waals surface area contributed by atoms with Crippen LogP contribution in [0.1, 0.15) is 48.2 Å². The first-order chi connectivity index (χ1) is 11.3.